The van der Waals surface area contributed by atoms with Crippen molar-refractivity contribution in [3.05, 3.63) is 156 Å². The van der Waals surface area contributed by atoms with Crippen molar-refractivity contribution in [1.29, 1.82) is 0 Å². The average molecular weight is 585 g/mol. The molecule has 0 spiro atoms. The van der Waals surface area contributed by atoms with Crippen LogP contribution in [0.25, 0.3) is 88.3 Å². The van der Waals surface area contributed by atoms with Crippen molar-refractivity contribution in [2.24, 2.45) is 0 Å². The molecular weight excluding hydrogens is 556 g/mol. The van der Waals surface area contributed by atoms with Crippen molar-refractivity contribution >= 4 is 77.2 Å². The first-order chi connectivity index (χ1) is 22.6. The maximum absolute atomic E-state index is 6.44. The molecule has 0 saturated heterocycles. The van der Waals surface area contributed by atoms with E-state index in [0.29, 0.717) is 0 Å². The second-order valence-corrected chi connectivity index (χ2v) is 13.5. The molecule has 0 fully saturated rings. The van der Waals surface area contributed by atoms with Gasteiger partial charge >= 0.3 is 0 Å². The minimum atomic E-state index is -0.141. The normalized spacial score (nSPS) is 18.7. The SMILES string of the molecule is CC12C=Cc3cccc4ccc(c1c34)C=CC2c1ccc2oc3ccc(-c4ccc5ccc6cccc7ccc4c5c67)cc3c2c1. The standard InChI is InChI=1S/C45H28O/c1-45-23-22-29-7-3-6-28-10-11-31(44(45)42(28)29)14-19-38(45)33-16-21-40-37(25-33)36-24-32(15-20-39(36)46-40)34-17-12-30-9-8-26-4-2-5-27-13-18-35(34)43(30)41(26)27/h2-25,38H,1H3. The van der Waals surface area contributed by atoms with Crippen LogP contribution in [-0.4, -0.2) is 0 Å². The average Bonchev–Trinajstić information content (AvgIpc) is 3.47. The van der Waals surface area contributed by atoms with Gasteiger partial charge in [0.05, 0.1) is 0 Å². The van der Waals surface area contributed by atoms with Gasteiger partial charge in [0.2, 0.25) is 0 Å². The lowest BCUT2D eigenvalue weighted by atomic mass is 9.61. The van der Waals surface area contributed by atoms with Crippen LogP contribution in [0.1, 0.15) is 35.1 Å². The van der Waals surface area contributed by atoms with Crippen LogP contribution in [-0.2, 0) is 5.41 Å². The number of rotatable bonds is 2. The highest BCUT2D eigenvalue weighted by Crippen LogP contribution is 2.52. The lowest BCUT2D eigenvalue weighted by molar-refractivity contribution is 0.529. The van der Waals surface area contributed by atoms with Crippen LogP contribution in [0, 0.1) is 0 Å². The van der Waals surface area contributed by atoms with Crippen LogP contribution in [0.3, 0.4) is 0 Å². The van der Waals surface area contributed by atoms with Crippen molar-refractivity contribution in [3.63, 3.8) is 0 Å². The zero-order valence-electron chi connectivity index (χ0n) is 25.3. The largest absolute Gasteiger partial charge is 0.456 e. The third-order valence-corrected chi connectivity index (χ3v) is 11.1. The Labute approximate surface area is 266 Å². The van der Waals surface area contributed by atoms with Crippen LogP contribution in [0.15, 0.2) is 138 Å². The molecule has 2 unspecified atom stereocenters. The molecule has 1 heteroatoms. The Morgan fingerprint density at radius 1 is 0.543 bits per heavy atom. The molecule has 1 nitrogen and oxygen atoms in total. The van der Waals surface area contributed by atoms with E-state index in [9.17, 15) is 0 Å². The third kappa shape index (κ3) is 3.10. The molecule has 0 aliphatic heterocycles. The van der Waals surface area contributed by atoms with Crippen molar-refractivity contribution < 1.29 is 4.42 Å². The van der Waals surface area contributed by atoms with Gasteiger partial charge in [-0.1, -0.05) is 128 Å². The van der Waals surface area contributed by atoms with Gasteiger partial charge in [-0.3, -0.25) is 0 Å². The third-order valence-electron chi connectivity index (χ3n) is 11.1. The summed E-state index contributed by atoms with van der Waals surface area (Å²) in [4.78, 5) is 0. The highest BCUT2D eigenvalue weighted by molar-refractivity contribution is 6.25. The molecule has 0 amide bonds. The minimum absolute atomic E-state index is 0.141. The predicted octanol–water partition coefficient (Wildman–Crippen LogP) is 12.4. The van der Waals surface area contributed by atoms with Gasteiger partial charge in [0.25, 0.3) is 0 Å². The van der Waals surface area contributed by atoms with E-state index in [0.717, 1.165) is 16.6 Å². The van der Waals surface area contributed by atoms with Crippen LogP contribution in [0.2, 0.25) is 0 Å². The number of fused-ring (bicyclic) bond motifs is 3. The number of hydrogen-bond acceptors (Lipinski definition) is 1. The number of hydrogen-bond donors (Lipinski definition) is 0. The van der Waals surface area contributed by atoms with Crippen molar-refractivity contribution in [2.45, 2.75) is 18.3 Å². The van der Waals surface area contributed by atoms with Gasteiger partial charge in [0.1, 0.15) is 11.2 Å². The van der Waals surface area contributed by atoms with Crippen LogP contribution < -0.4 is 0 Å². The van der Waals surface area contributed by atoms with Crippen LogP contribution >= 0.6 is 0 Å². The Balaban J connectivity index is 1.09. The molecule has 214 valence electrons. The number of furan rings is 1. The molecule has 46 heavy (non-hydrogen) atoms. The van der Waals surface area contributed by atoms with E-state index in [1.807, 2.05) is 0 Å². The van der Waals surface area contributed by atoms with Crippen molar-refractivity contribution in [1.82, 2.24) is 0 Å². The number of benzene rings is 8. The Morgan fingerprint density at radius 3 is 2.11 bits per heavy atom. The summed E-state index contributed by atoms with van der Waals surface area (Å²) in [6.45, 7) is 2.41. The minimum Gasteiger partial charge on any atom is -0.456 e. The van der Waals surface area contributed by atoms with E-state index in [-0.39, 0.29) is 11.3 Å². The monoisotopic (exact) mass is 584 g/mol. The molecule has 2 aliphatic rings. The molecular formula is C45H28O. The zero-order valence-corrected chi connectivity index (χ0v) is 25.3. The van der Waals surface area contributed by atoms with Crippen molar-refractivity contribution in [2.75, 3.05) is 0 Å². The van der Waals surface area contributed by atoms with E-state index < -0.39 is 0 Å². The Hall–Kier alpha value is -5.66. The molecule has 2 aliphatic carbocycles. The fraction of sp³-hybridized carbons (Fsp3) is 0.0667. The van der Waals surface area contributed by atoms with Crippen LogP contribution in [0.4, 0.5) is 0 Å². The highest BCUT2D eigenvalue weighted by atomic mass is 16.3. The van der Waals surface area contributed by atoms with Gasteiger partial charge in [-0.05, 0) is 101 Å². The van der Waals surface area contributed by atoms with Gasteiger partial charge in [0, 0.05) is 22.1 Å². The summed E-state index contributed by atoms with van der Waals surface area (Å²) in [5.41, 5.74) is 9.60. The van der Waals surface area contributed by atoms with E-state index in [4.69, 9.17) is 4.42 Å². The summed E-state index contributed by atoms with van der Waals surface area (Å²) in [5, 5.41) is 12.9. The first-order valence-corrected chi connectivity index (χ1v) is 16.2. The first kappa shape index (κ1) is 24.6. The molecule has 0 bridgehead atoms. The van der Waals surface area contributed by atoms with Crippen LogP contribution in [0.5, 0.6) is 0 Å². The molecule has 8 aromatic carbocycles. The lowest BCUT2D eigenvalue weighted by Gasteiger charge is -2.41. The second-order valence-electron chi connectivity index (χ2n) is 13.5. The van der Waals surface area contributed by atoms with E-state index in [2.05, 4.69) is 153 Å². The summed E-state index contributed by atoms with van der Waals surface area (Å²) in [5.74, 6) is 0.213. The first-order valence-electron chi connectivity index (χ1n) is 16.2. The molecule has 1 aromatic heterocycles. The molecule has 9 aromatic rings. The fourth-order valence-corrected chi connectivity index (χ4v) is 8.89. The molecule has 1 heterocycles. The molecule has 0 N–H and O–H groups in total. The highest BCUT2D eigenvalue weighted by Gasteiger charge is 2.40. The van der Waals surface area contributed by atoms with E-state index in [1.54, 1.807) is 0 Å². The van der Waals surface area contributed by atoms with Gasteiger partial charge in [-0.15, -0.1) is 0 Å². The van der Waals surface area contributed by atoms with Gasteiger partial charge in [0.15, 0.2) is 0 Å². The summed E-state index contributed by atoms with van der Waals surface area (Å²) in [7, 11) is 0. The second kappa shape index (κ2) is 8.53. The number of allylic oxidation sites excluding steroid dienone is 2. The fourth-order valence-electron chi connectivity index (χ4n) is 8.89. The van der Waals surface area contributed by atoms with E-state index in [1.165, 1.54) is 81.9 Å². The predicted molar refractivity (Wildman–Crippen MR) is 195 cm³/mol. The smallest absolute Gasteiger partial charge is 0.135 e. The lowest BCUT2D eigenvalue weighted by Crippen LogP contribution is -2.32. The summed E-state index contributed by atoms with van der Waals surface area (Å²) in [6.07, 6.45) is 9.51. The maximum atomic E-state index is 6.44. The molecule has 0 radical (unpaired) electrons. The molecule has 11 rings (SSSR count). The Kier molecular flexibility index (Phi) is 4.57. The van der Waals surface area contributed by atoms with Crippen molar-refractivity contribution in [3.8, 4) is 11.1 Å². The zero-order chi connectivity index (χ0) is 30.1. The van der Waals surface area contributed by atoms with Gasteiger partial charge < -0.3 is 4.42 Å². The Bertz CT molecular complexity index is 2810. The maximum Gasteiger partial charge on any atom is 0.135 e. The topological polar surface area (TPSA) is 13.1 Å². The van der Waals surface area contributed by atoms with E-state index >= 15 is 0 Å². The Morgan fingerprint density at radius 2 is 1.24 bits per heavy atom. The molecule has 0 saturated carbocycles. The summed E-state index contributed by atoms with van der Waals surface area (Å²) in [6, 6.07) is 45.0. The summed E-state index contributed by atoms with van der Waals surface area (Å²) >= 11 is 0. The molecule has 2 atom stereocenters. The quantitative estimate of drug-likeness (QED) is 0.184. The summed E-state index contributed by atoms with van der Waals surface area (Å²) < 4.78 is 6.44. The van der Waals surface area contributed by atoms with Gasteiger partial charge in [-0.2, -0.15) is 0 Å². The van der Waals surface area contributed by atoms with Gasteiger partial charge in [-0.25, -0.2) is 0 Å².